The minimum Gasteiger partial charge on any atom is -0.465 e. The number of hydrogen-bond donors (Lipinski definition) is 1. The minimum atomic E-state index is -0.0731. The van der Waals surface area contributed by atoms with Crippen LogP contribution in [0, 0.1) is 0 Å². The van der Waals surface area contributed by atoms with Gasteiger partial charge < -0.3 is 19.5 Å². The third-order valence-corrected chi connectivity index (χ3v) is 11.1. The van der Waals surface area contributed by atoms with Crippen LogP contribution in [0.25, 0.3) is 0 Å². The number of esters is 2. The lowest BCUT2D eigenvalue weighted by atomic mass is 10.0. The maximum absolute atomic E-state index is 12.7. The van der Waals surface area contributed by atoms with Crippen molar-refractivity contribution in [1.29, 1.82) is 0 Å². The number of nitrogens with zero attached hydrogens (tertiary/aromatic N) is 1. The Morgan fingerprint density at radius 1 is 0.545 bits per heavy atom. The fourth-order valence-electron chi connectivity index (χ4n) is 7.61. The van der Waals surface area contributed by atoms with Gasteiger partial charge in [0, 0.05) is 25.8 Å². The molecule has 320 valence electrons. The molecule has 0 bridgehead atoms. The average Bonchev–Trinajstić information content (AvgIpc) is 3.18. The quantitative estimate of drug-likeness (QED) is 0.0528. The number of carbonyl (C=O) groups is 2. The largest absolute Gasteiger partial charge is 0.465 e. The molecule has 0 unspecified atom stereocenters. The standard InChI is InChI=1S/C49H89NO5/c1-4-7-10-13-17-24-34-47(35-25-18-14-11-8-5-2)55-49(53)37-27-20-16-22-29-40-50(41-42-51)39-28-21-15-19-26-36-48(52)54-43-38-46-33-30-32-45(44-46)31-23-12-9-6-3/h30,32-33,44,47,51H,4-29,31,34-43H2,1-3H3. The van der Waals surface area contributed by atoms with E-state index in [0.29, 0.717) is 19.4 Å². The van der Waals surface area contributed by atoms with E-state index in [1.54, 1.807) is 0 Å². The molecule has 0 aliphatic rings. The van der Waals surface area contributed by atoms with Crippen LogP contribution < -0.4 is 0 Å². The van der Waals surface area contributed by atoms with Crippen molar-refractivity contribution in [2.24, 2.45) is 0 Å². The highest BCUT2D eigenvalue weighted by Crippen LogP contribution is 2.19. The van der Waals surface area contributed by atoms with Crippen LogP contribution in [0.1, 0.15) is 225 Å². The predicted octanol–water partition coefficient (Wildman–Crippen LogP) is 13.3. The van der Waals surface area contributed by atoms with E-state index in [9.17, 15) is 14.7 Å². The summed E-state index contributed by atoms with van der Waals surface area (Å²) < 4.78 is 11.6. The number of hydrogen-bond acceptors (Lipinski definition) is 6. The van der Waals surface area contributed by atoms with Gasteiger partial charge in [-0.2, -0.15) is 0 Å². The van der Waals surface area contributed by atoms with E-state index >= 15 is 0 Å². The molecule has 55 heavy (non-hydrogen) atoms. The van der Waals surface area contributed by atoms with Crippen LogP contribution in [0.3, 0.4) is 0 Å². The molecule has 0 fully saturated rings. The molecule has 1 rings (SSSR count). The Morgan fingerprint density at radius 3 is 1.55 bits per heavy atom. The van der Waals surface area contributed by atoms with E-state index in [-0.39, 0.29) is 24.6 Å². The molecule has 1 aromatic carbocycles. The molecule has 0 saturated carbocycles. The van der Waals surface area contributed by atoms with Crippen molar-refractivity contribution < 1.29 is 24.2 Å². The zero-order valence-corrected chi connectivity index (χ0v) is 36.6. The van der Waals surface area contributed by atoms with Crippen LogP contribution in [0.15, 0.2) is 24.3 Å². The zero-order chi connectivity index (χ0) is 39.9. The summed E-state index contributed by atoms with van der Waals surface area (Å²) in [6, 6.07) is 8.74. The van der Waals surface area contributed by atoms with E-state index < -0.39 is 0 Å². The molecule has 0 amide bonds. The molecule has 0 heterocycles. The van der Waals surface area contributed by atoms with Gasteiger partial charge in [-0.05, 0) is 88.4 Å². The summed E-state index contributed by atoms with van der Waals surface area (Å²) in [5.74, 6) is -0.0625. The first-order valence-electron chi connectivity index (χ1n) is 23.8. The van der Waals surface area contributed by atoms with Crippen LogP contribution in [0.2, 0.25) is 0 Å². The van der Waals surface area contributed by atoms with Gasteiger partial charge in [0.15, 0.2) is 0 Å². The molecular weight excluding hydrogens is 683 g/mol. The lowest BCUT2D eigenvalue weighted by Crippen LogP contribution is -2.29. The van der Waals surface area contributed by atoms with Crippen LogP contribution >= 0.6 is 0 Å². The number of rotatable bonds is 41. The third-order valence-electron chi connectivity index (χ3n) is 11.1. The van der Waals surface area contributed by atoms with Gasteiger partial charge >= 0.3 is 11.9 Å². The Kier molecular flexibility index (Phi) is 36.2. The van der Waals surface area contributed by atoms with E-state index in [1.807, 2.05) is 0 Å². The van der Waals surface area contributed by atoms with Gasteiger partial charge in [-0.25, -0.2) is 0 Å². The smallest absolute Gasteiger partial charge is 0.306 e. The molecule has 0 aliphatic heterocycles. The molecule has 0 aliphatic carbocycles. The summed E-state index contributed by atoms with van der Waals surface area (Å²) in [6.07, 6.45) is 36.4. The van der Waals surface area contributed by atoms with Crippen LogP contribution in [-0.2, 0) is 31.9 Å². The fourth-order valence-corrected chi connectivity index (χ4v) is 7.61. The van der Waals surface area contributed by atoms with Crippen molar-refractivity contribution >= 4 is 11.9 Å². The van der Waals surface area contributed by atoms with Gasteiger partial charge in [-0.15, -0.1) is 0 Å². The molecular formula is C49H89NO5. The van der Waals surface area contributed by atoms with Crippen molar-refractivity contribution in [2.45, 2.75) is 232 Å². The SMILES string of the molecule is CCCCCCCCC(CCCCCCCC)OC(=O)CCCCCCCN(CCO)CCCCCCCC(=O)OCCc1cccc(CCCCCC)c1. The zero-order valence-electron chi connectivity index (χ0n) is 36.6. The first-order valence-corrected chi connectivity index (χ1v) is 23.8. The second kappa shape index (κ2) is 38.9. The normalized spacial score (nSPS) is 11.5. The van der Waals surface area contributed by atoms with Crippen LogP contribution in [0.4, 0.5) is 0 Å². The van der Waals surface area contributed by atoms with Gasteiger partial charge in [0.25, 0.3) is 0 Å². The lowest BCUT2D eigenvalue weighted by molar-refractivity contribution is -0.150. The van der Waals surface area contributed by atoms with Gasteiger partial charge in [0.05, 0.1) is 13.2 Å². The van der Waals surface area contributed by atoms with E-state index in [2.05, 4.69) is 49.9 Å². The molecule has 1 aromatic rings. The minimum absolute atomic E-state index is 0.0106. The molecule has 6 nitrogen and oxygen atoms in total. The van der Waals surface area contributed by atoms with Crippen molar-refractivity contribution in [3.8, 4) is 0 Å². The average molecular weight is 772 g/mol. The molecule has 1 N–H and O–H groups in total. The van der Waals surface area contributed by atoms with E-state index in [4.69, 9.17) is 9.47 Å². The topological polar surface area (TPSA) is 76.1 Å². The second-order valence-electron chi connectivity index (χ2n) is 16.4. The molecule has 0 radical (unpaired) electrons. The molecule has 0 aromatic heterocycles. The molecule has 6 heteroatoms. The summed E-state index contributed by atoms with van der Waals surface area (Å²) >= 11 is 0. The van der Waals surface area contributed by atoms with Gasteiger partial charge in [0.1, 0.15) is 6.10 Å². The molecule has 0 spiro atoms. The Bertz CT molecular complexity index is 983. The van der Waals surface area contributed by atoms with Crippen LogP contribution in [0.5, 0.6) is 0 Å². The Labute approximate surface area is 340 Å². The van der Waals surface area contributed by atoms with E-state index in [0.717, 1.165) is 110 Å². The van der Waals surface area contributed by atoms with Crippen molar-refractivity contribution in [2.75, 3.05) is 32.8 Å². The molecule has 0 saturated heterocycles. The third kappa shape index (κ3) is 32.8. The highest BCUT2D eigenvalue weighted by Gasteiger charge is 2.14. The van der Waals surface area contributed by atoms with Crippen molar-refractivity contribution in [3.63, 3.8) is 0 Å². The first kappa shape index (κ1) is 51.1. The Balaban J connectivity index is 2.11. The first-order chi connectivity index (χ1) is 27.0. The molecule has 0 atom stereocenters. The van der Waals surface area contributed by atoms with Gasteiger partial charge in [0.2, 0.25) is 0 Å². The number of benzene rings is 1. The number of carbonyl (C=O) groups excluding carboxylic acids is 2. The van der Waals surface area contributed by atoms with Gasteiger partial charge in [-0.1, -0.05) is 167 Å². The van der Waals surface area contributed by atoms with Gasteiger partial charge in [-0.3, -0.25) is 9.59 Å². The van der Waals surface area contributed by atoms with E-state index in [1.165, 1.54) is 114 Å². The Morgan fingerprint density at radius 2 is 1.00 bits per heavy atom. The summed E-state index contributed by atoms with van der Waals surface area (Å²) in [5, 5.41) is 9.59. The number of ether oxygens (including phenoxy) is 2. The summed E-state index contributed by atoms with van der Waals surface area (Å²) in [7, 11) is 0. The number of aliphatic hydroxyl groups is 1. The lowest BCUT2D eigenvalue weighted by Gasteiger charge is -2.21. The van der Waals surface area contributed by atoms with Crippen molar-refractivity contribution in [1.82, 2.24) is 4.90 Å². The fraction of sp³-hybridized carbons (Fsp3) is 0.837. The summed E-state index contributed by atoms with van der Waals surface area (Å²) in [5.41, 5.74) is 2.65. The number of aliphatic hydroxyl groups excluding tert-OH is 1. The highest BCUT2D eigenvalue weighted by molar-refractivity contribution is 5.69. The summed E-state index contributed by atoms with van der Waals surface area (Å²) in [6.45, 7) is 10.2. The second-order valence-corrected chi connectivity index (χ2v) is 16.4. The maximum atomic E-state index is 12.7. The predicted molar refractivity (Wildman–Crippen MR) is 234 cm³/mol. The monoisotopic (exact) mass is 772 g/mol. The summed E-state index contributed by atoms with van der Waals surface area (Å²) in [4.78, 5) is 27.4. The number of aryl methyl sites for hydroxylation is 1. The van der Waals surface area contributed by atoms with Crippen molar-refractivity contribution in [3.05, 3.63) is 35.4 Å². The maximum Gasteiger partial charge on any atom is 0.306 e. The number of unbranched alkanes of at least 4 members (excludes halogenated alkanes) is 21. The van der Waals surface area contributed by atoms with Crippen LogP contribution in [-0.4, -0.2) is 60.9 Å². The highest BCUT2D eigenvalue weighted by atomic mass is 16.5. The Hall–Kier alpha value is -1.92.